The fourth-order valence-corrected chi connectivity index (χ4v) is 2.75. The van der Waals surface area contributed by atoms with Crippen molar-refractivity contribution < 1.29 is 17.7 Å². The van der Waals surface area contributed by atoms with Crippen LogP contribution < -0.4 is 4.74 Å². The zero-order valence-electron chi connectivity index (χ0n) is 11.5. The molecule has 0 aromatic heterocycles. The predicted octanol–water partition coefficient (Wildman–Crippen LogP) is 3.07. The monoisotopic (exact) mass is 286 g/mol. The Kier molecular flexibility index (Phi) is 6.31. The van der Waals surface area contributed by atoms with Crippen LogP contribution in [-0.2, 0) is 10.1 Å². The highest BCUT2D eigenvalue weighted by Crippen LogP contribution is 2.13. The topological polar surface area (TPSA) is 63.6 Å². The molecule has 0 heterocycles. The van der Waals surface area contributed by atoms with Gasteiger partial charge in [0.2, 0.25) is 0 Å². The first kappa shape index (κ1) is 16.0. The van der Waals surface area contributed by atoms with Crippen molar-refractivity contribution in [1.29, 1.82) is 0 Å². The first-order valence-electron chi connectivity index (χ1n) is 6.51. The fourth-order valence-electron chi connectivity index (χ4n) is 1.86. The summed E-state index contributed by atoms with van der Waals surface area (Å²) in [4.78, 5) is 0. The number of aryl methyl sites for hydroxylation is 1. The Morgan fingerprint density at radius 2 is 1.84 bits per heavy atom. The lowest BCUT2D eigenvalue weighted by atomic mass is 10.1. The summed E-state index contributed by atoms with van der Waals surface area (Å²) < 4.78 is 35.6. The Bertz CT molecular complexity index is 465. The zero-order valence-corrected chi connectivity index (χ0v) is 12.3. The molecule has 1 aromatic rings. The van der Waals surface area contributed by atoms with Gasteiger partial charge in [0.1, 0.15) is 5.75 Å². The summed E-state index contributed by atoms with van der Waals surface area (Å²) in [5, 5.41) is 0. The van der Waals surface area contributed by atoms with Crippen LogP contribution in [0.4, 0.5) is 0 Å². The molecule has 1 N–H and O–H groups in total. The summed E-state index contributed by atoms with van der Waals surface area (Å²) in [5.74, 6) is 0.678. The van der Waals surface area contributed by atoms with Crippen molar-refractivity contribution >= 4 is 10.1 Å². The average molecular weight is 286 g/mol. The number of rotatable bonds is 8. The highest BCUT2D eigenvalue weighted by molar-refractivity contribution is 7.85. The standard InChI is InChI=1S/C14H22O4S/c1-12-6-8-14(9-7-12)18-10-4-3-5-13(2)11-19(15,16)17/h6-9,13H,3-5,10-11H2,1-2H3,(H,15,16,17). The van der Waals surface area contributed by atoms with E-state index in [0.29, 0.717) is 6.61 Å². The first-order valence-corrected chi connectivity index (χ1v) is 8.12. The highest BCUT2D eigenvalue weighted by Gasteiger charge is 2.11. The quantitative estimate of drug-likeness (QED) is 0.589. The van der Waals surface area contributed by atoms with Crippen molar-refractivity contribution in [3.63, 3.8) is 0 Å². The molecular weight excluding hydrogens is 264 g/mol. The third kappa shape index (κ3) is 7.85. The van der Waals surface area contributed by atoms with Crippen LogP contribution in [0.25, 0.3) is 0 Å². The van der Waals surface area contributed by atoms with Crippen LogP contribution in [0.15, 0.2) is 24.3 Å². The van der Waals surface area contributed by atoms with Crippen LogP contribution in [-0.4, -0.2) is 25.3 Å². The molecule has 1 unspecified atom stereocenters. The molecule has 0 bridgehead atoms. The fraction of sp³-hybridized carbons (Fsp3) is 0.571. The Morgan fingerprint density at radius 1 is 1.21 bits per heavy atom. The Morgan fingerprint density at radius 3 is 2.42 bits per heavy atom. The molecule has 0 radical (unpaired) electrons. The van der Waals surface area contributed by atoms with Crippen LogP contribution in [0.2, 0.25) is 0 Å². The molecule has 1 rings (SSSR count). The smallest absolute Gasteiger partial charge is 0.265 e. The maximum absolute atomic E-state index is 10.7. The molecule has 0 aliphatic heterocycles. The van der Waals surface area contributed by atoms with Crippen molar-refractivity contribution in [3.05, 3.63) is 29.8 Å². The molecule has 0 aliphatic rings. The molecule has 0 fully saturated rings. The van der Waals surface area contributed by atoms with E-state index in [0.717, 1.165) is 25.0 Å². The molecule has 0 aliphatic carbocycles. The van der Waals surface area contributed by atoms with Crippen LogP contribution in [0, 0.1) is 12.8 Å². The molecule has 5 heteroatoms. The second-order valence-corrected chi connectivity index (χ2v) is 6.51. The SMILES string of the molecule is Cc1ccc(OCCCCC(C)CS(=O)(=O)O)cc1. The van der Waals surface area contributed by atoms with Gasteiger partial charge in [-0.15, -0.1) is 0 Å². The lowest BCUT2D eigenvalue weighted by Crippen LogP contribution is -2.12. The highest BCUT2D eigenvalue weighted by atomic mass is 32.2. The number of hydrogen-bond donors (Lipinski definition) is 1. The van der Waals surface area contributed by atoms with Crippen molar-refractivity contribution in [2.45, 2.75) is 33.1 Å². The molecule has 4 nitrogen and oxygen atoms in total. The number of hydrogen-bond acceptors (Lipinski definition) is 3. The van der Waals surface area contributed by atoms with E-state index < -0.39 is 10.1 Å². The second kappa shape index (κ2) is 7.50. The van der Waals surface area contributed by atoms with Crippen molar-refractivity contribution in [3.8, 4) is 5.75 Å². The summed E-state index contributed by atoms with van der Waals surface area (Å²) in [6, 6.07) is 7.89. The van der Waals surface area contributed by atoms with E-state index in [2.05, 4.69) is 0 Å². The molecule has 1 atom stereocenters. The molecule has 108 valence electrons. The van der Waals surface area contributed by atoms with Gasteiger partial charge in [0.15, 0.2) is 0 Å². The van der Waals surface area contributed by atoms with Crippen LogP contribution >= 0.6 is 0 Å². The predicted molar refractivity (Wildman–Crippen MR) is 76.1 cm³/mol. The van der Waals surface area contributed by atoms with E-state index in [9.17, 15) is 8.42 Å². The Hall–Kier alpha value is -1.07. The third-order valence-corrected chi connectivity index (χ3v) is 3.87. The van der Waals surface area contributed by atoms with Gasteiger partial charge in [0, 0.05) is 0 Å². The van der Waals surface area contributed by atoms with Gasteiger partial charge in [-0.25, -0.2) is 0 Å². The lowest BCUT2D eigenvalue weighted by Gasteiger charge is -2.10. The molecular formula is C14H22O4S. The van der Waals surface area contributed by atoms with E-state index in [1.165, 1.54) is 5.56 Å². The van der Waals surface area contributed by atoms with E-state index in [1.54, 1.807) is 0 Å². The van der Waals surface area contributed by atoms with Crippen LogP contribution in [0.3, 0.4) is 0 Å². The summed E-state index contributed by atoms with van der Waals surface area (Å²) in [7, 11) is -3.84. The summed E-state index contributed by atoms with van der Waals surface area (Å²) in [5.41, 5.74) is 1.20. The van der Waals surface area contributed by atoms with Gasteiger partial charge in [-0.1, -0.05) is 24.6 Å². The van der Waals surface area contributed by atoms with Gasteiger partial charge in [-0.05, 0) is 44.2 Å². The van der Waals surface area contributed by atoms with Crippen LogP contribution in [0.5, 0.6) is 5.75 Å². The zero-order chi connectivity index (χ0) is 14.3. The minimum Gasteiger partial charge on any atom is -0.494 e. The molecule has 0 amide bonds. The largest absolute Gasteiger partial charge is 0.494 e. The van der Waals surface area contributed by atoms with Gasteiger partial charge in [0.25, 0.3) is 10.1 Å². The summed E-state index contributed by atoms with van der Waals surface area (Å²) in [6.45, 7) is 4.48. The number of ether oxygens (including phenoxy) is 1. The maximum Gasteiger partial charge on any atom is 0.265 e. The van der Waals surface area contributed by atoms with Gasteiger partial charge < -0.3 is 4.74 Å². The second-order valence-electron chi connectivity index (χ2n) is 5.01. The average Bonchev–Trinajstić information content (AvgIpc) is 2.29. The van der Waals surface area contributed by atoms with E-state index in [1.807, 2.05) is 38.1 Å². The minimum atomic E-state index is -3.84. The Balaban J connectivity index is 2.13. The van der Waals surface area contributed by atoms with Crippen molar-refractivity contribution in [1.82, 2.24) is 0 Å². The molecule has 19 heavy (non-hydrogen) atoms. The van der Waals surface area contributed by atoms with Crippen molar-refractivity contribution in [2.75, 3.05) is 12.4 Å². The first-order chi connectivity index (χ1) is 8.87. The van der Waals surface area contributed by atoms with E-state index in [4.69, 9.17) is 9.29 Å². The Labute approximate surface area is 115 Å². The van der Waals surface area contributed by atoms with Crippen molar-refractivity contribution in [2.24, 2.45) is 5.92 Å². The number of unbranched alkanes of at least 4 members (excludes halogenated alkanes) is 1. The maximum atomic E-state index is 10.7. The van der Waals surface area contributed by atoms with Gasteiger partial charge in [0.05, 0.1) is 12.4 Å². The summed E-state index contributed by atoms with van der Waals surface area (Å²) in [6.07, 6.45) is 2.54. The van der Waals surface area contributed by atoms with Crippen LogP contribution in [0.1, 0.15) is 31.7 Å². The summed E-state index contributed by atoms with van der Waals surface area (Å²) >= 11 is 0. The molecule has 0 saturated heterocycles. The van der Waals surface area contributed by atoms with Gasteiger partial charge >= 0.3 is 0 Å². The molecule has 1 aromatic carbocycles. The number of benzene rings is 1. The van der Waals surface area contributed by atoms with E-state index >= 15 is 0 Å². The van der Waals surface area contributed by atoms with Gasteiger partial charge in [-0.2, -0.15) is 8.42 Å². The van der Waals surface area contributed by atoms with Gasteiger partial charge in [-0.3, -0.25) is 4.55 Å². The third-order valence-electron chi connectivity index (χ3n) is 2.88. The van der Waals surface area contributed by atoms with E-state index in [-0.39, 0.29) is 11.7 Å². The molecule has 0 spiro atoms. The normalized spacial score (nSPS) is 13.2. The lowest BCUT2D eigenvalue weighted by molar-refractivity contribution is 0.301. The minimum absolute atomic E-state index is 0.0191. The molecule has 0 saturated carbocycles.